The highest BCUT2D eigenvalue weighted by atomic mass is 16.4. The topological polar surface area (TPSA) is 86.7 Å². The van der Waals surface area contributed by atoms with Gasteiger partial charge >= 0.3 is 5.97 Å². The first-order valence-electron chi connectivity index (χ1n) is 7.97. The van der Waals surface area contributed by atoms with Gasteiger partial charge in [0, 0.05) is 30.3 Å². The van der Waals surface area contributed by atoms with Crippen LogP contribution >= 0.6 is 0 Å². The van der Waals surface area contributed by atoms with Crippen LogP contribution in [0.5, 0.6) is 0 Å². The van der Waals surface area contributed by atoms with E-state index in [4.69, 9.17) is 5.11 Å². The number of hydrogen-bond donors (Lipinski definition) is 2. The smallest absolute Gasteiger partial charge is 0.306 e. The fourth-order valence-electron chi connectivity index (χ4n) is 2.80. The van der Waals surface area contributed by atoms with Crippen LogP contribution in [0, 0.1) is 11.8 Å². The molecule has 1 heterocycles. The zero-order valence-corrected chi connectivity index (χ0v) is 12.8. The van der Waals surface area contributed by atoms with Crippen molar-refractivity contribution in [3.8, 4) is 0 Å². The van der Waals surface area contributed by atoms with Crippen LogP contribution in [-0.2, 0) is 9.59 Å². The Morgan fingerprint density at radius 2 is 1.57 bits per heavy atom. The Balaban J connectivity index is 1.57. The molecule has 23 heavy (non-hydrogen) atoms. The van der Waals surface area contributed by atoms with E-state index in [9.17, 15) is 14.4 Å². The van der Waals surface area contributed by atoms with Crippen molar-refractivity contribution in [3.05, 3.63) is 29.8 Å². The number of piperidine rings is 1. The monoisotopic (exact) mass is 316 g/mol. The number of nitrogens with zero attached hydrogens (tertiary/aromatic N) is 1. The molecule has 6 heteroatoms. The van der Waals surface area contributed by atoms with Gasteiger partial charge in [0.2, 0.25) is 5.91 Å². The predicted molar refractivity (Wildman–Crippen MR) is 84.1 cm³/mol. The normalized spacial score (nSPS) is 18.5. The molecular weight excluding hydrogens is 296 g/mol. The Hall–Kier alpha value is -2.37. The quantitative estimate of drug-likeness (QED) is 0.889. The van der Waals surface area contributed by atoms with Crippen LogP contribution in [0.2, 0.25) is 0 Å². The van der Waals surface area contributed by atoms with Crippen molar-refractivity contribution in [1.29, 1.82) is 0 Å². The van der Waals surface area contributed by atoms with Gasteiger partial charge in [0.15, 0.2) is 0 Å². The van der Waals surface area contributed by atoms with E-state index in [1.807, 2.05) is 0 Å². The van der Waals surface area contributed by atoms with Crippen LogP contribution < -0.4 is 5.32 Å². The van der Waals surface area contributed by atoms with Gasteiger partial charge in [0.1, 0.15) is 0 Å². The fourth-order valence-corrected chi connectivity index (χ4v) is 2.80. The van der Waals surface area contributed by atoms with E-state index in [0.29, 0.717) is 37.2 Å². The number of aliphatic carboxylic acids is 1. The minimum absolute atomic E-state index is 0.0415. The summed E-state index contributed by atoms with van der Waals surface area (Å²) in [7, 11) is 0. The molecule has 0 aromatic heterocycles. The van der Waals surface area contributed by atoms with Crippen molar-refractivity contribution in [3.63, 3.8) is 0 Å². The molecule has 1 aliphatic heterocycles. The molecule has 0 radical (unpaired) electrons. The Kier molecular flexibility index (Phi) is 4.32. The molecule has 1 aromatic rings. The number of amides is 2. The molecule has 1 saturated heterocycles. The molecule has 1 saturated carbocycles. The fraction of sp³-hybridized carbons (Fsp3) is 0.471. The van der Waals surface area contributed by atoms with Crippen LogP contribution in [0.3, 0.4) is 0 Å². The summed E-state index contributed by atoms with van der Waals surface area (Å²) in [6.07, 6.45) is 2.90. The minimum Gasteiger partial charge on any atom is -0.481 e. The SMILES string of the molecule is O=C(O)C1CCN(C(=O)c2ccc(NC(=O)C3CC3)cc2)CC1. The summed E-state index contributed by atoms with van der Waals surface area (Å²) in [5.74, 6) is -1.03. The molecule has 6 nitrogen and oxygen atoms in total. The highest BCUT2D eigenvalue weighted by Gasteiger charge is 2.30. The lowest BCUT2D eigenvalue weighted by Crippen LogP contribution is -2.40. The largest absolute Gasteiger partial charge is 0.481 e. The molecule has 1 aliphatic carbocycles. The first-order valence-corrected chi connectivity index (χ1v) is 7.97. The third-order valence-corrected chi connectivity index (χ3v) is 4.48. The maximum absolute atomic E-state index is 12.4. The molecule has 122 valence electrons. The van der Waals surface area contributed by atoms with Crippen molar-refractivity contribution in [1.82, 2.24) is 4.90 Å². The van der Waals surface area contributed by atoms with E-state index in [0.717, 1.165) is 12.8 Å². The predicted octanol–water partition coefficient (Wildman–Crippen LogP) is 1.97. The number of rotatable bonds is 4. The zero-order valence-electron chi connectivity index (χ0n) is 12.8. The summed E-state index contributed by atoms with van der Waals surface area (Å²) in [6, 6.07) is 6.87. The van der Waals surface area contributed by atoms with Gasteiger partial charge in [-0.1, -0.05) is 0 Å². The molecule has 0 unspecified atom stereocenters. The third kappa shape index (κ3) is 3.70. The summed E-state index contributed by atoms with van der Waals surface area (Å²) >= 11 is 0. The highest BCUT2D eigenvalue weighted by molar-refractivity contribution is 5.96. The number of nitrogens with one attached hydrogen (secondary N) is 1. The van der Waals surface area contributed by atoms with E-state index in [2.05, 4.69) is 5.32 Å². The van der Waals surface area contributed by atoms with Gasteiger partial charge in [-0.2, -0.15) is 0 Å². The molecule has 3 rings (SSSR count). The van der Waals surface area contributed by atoms with Gasteiger partial charge in [-0.25, -0.2) is 0 Å². The minimum atomic E-state index is -0.784. The summed E-state index contributed by atoms with van der Waals surface area (Å²) < 4.78 is 0. The summed E-state index contributed by atoms with van der Waals surface area (Å²) in [4.78, 5) is 36.7. The van der Waals surface area contributed by atoms with Crippen molar-refractivity contribution in [2.24, 2.45) is 11.8 Å². The first-order chi connectivity index (χ1) is 11.0. The second-order valence-electron chi connectivity index (χ2n) is 6.25. The van der Waals surface area contributed by atoms with Crippen molar-refractivity contribution in [2.75, 3.05) is 18.4 Å². The number of hydrogen-bond acceptors (Lipinski definition) is 3. The molecule has 0 spiro atoms. The Labute approximate surface area is 134 Å². The summed E-state index contributed by atoms with van der Waals surface area (Å²) in [5, 5.41) is 11.8. The number of benzene rings is 1. The molecule has 2 aliphatic rings. The third-order valence-electron chi connectivity index (χ3n) is 4.48. The number of likely N-dealkylation sites (tertiary alicyclic amines) is 1. The van der Waals surface area contributed by atoms with Crippen molar-refractivity contribution >= 4 is 23.5 Å². The standard InChI is InChI=1S/C17H20N2O4/c20-15(11-1-2-11)18-14-5-3-12(4-6-14)16(21)19-9-7-13(8-10-19)17(22)23/h3-6,11,13H,1-2,7-10H2,(H,18,20)(H,22,23). The Morgan fingerprint density at radius 3 is 2.09 bits per heavy atom. The maximum Gasteiger partial charge on any atom is 0.306 e. The van der Waals surface area contributed by atoms with Gasteiger partial charge in [-0.15, -0.1) is 0 Å². The lowest BCUT2D eigenvalue weighted by atomic mass is 9.96. The van der Waals surface area contributed by atoms with Crippen LogP contribution in [0.1, 0.15) is 36.0 Å². The van der Waals surface area contributed by atoms with Crippen molar-refractivity contribution < 1.29 is 19.5 Å². The van der Waals surface area contributed by atoms with Gasteiger partial charge in [-0.05, 0) is 49.9 Å². The molecule has 0 atom stereocenters. The molecule has 2 fully saturated rings. The summed E-state index contributed by atoms with van der Waals surface area (Å²) in [5.41, 5.74) is 1.26. The molecule has 0 bridgehead atoms. The van der Waals surface area contributed by atoms with Gasteiger partial charge in [0.25, 0.3) is 5.91 Å². The number of carbonyl (C=O) groups excluding carboxylic acids is 2. The lowest BCUT2D eigenvalue weighted by molar-refractivity contribution is -0.143. The van der Waals surface area contributed by atoms with E-state index in [-0.39, 0.29) is 23.7 Å². The van der Waals surface area contributed by atoms with Crippen LogP contribution in [0.4, 0.5) is 5.69 Å². The van der Waals surface area contributed by atoms with E-state index >= 15 is 0 Å². The van der Waals surface area contributed by atoms with Gasteiger partial charge < -0.3 is 15.3 Å². The van der Waals surface area contributed by atoms with E-state index in [1.54, 1.807) is 29.2 Å². The van der Waals surface area contributed by atoms with Crippen LogP contribution in [-0.4, -0.2) is 40.9 Å². The number of anilines is 1. The van der Waals surface area contributed by atoms with Gasteiger partial charge in [0.05, 0.1) is 5.92 Å². The first kappa shape index (κ1) is 15.5. The zero-order chi connectivity index (χ0) is 16.4. The average molecular weight is 316 g/mol. The van der Waals surface area contributed by atoms with E-state index < -0.39 is 5.97 Å². The van der Waals surface area contributed by atoms with Crippen LogP contribution in [0.25, 0.3) is 0 Å². The van der Waals surface area contributed by atoms with Gasteiger partial charge in [-0.3, -0.25) is 14.4 Å². The number of carbonyl (C=O) groups is 3. The second kappa shape index (κ2) is 6.40. The number of carboxylic acids is 1. The van der Waals surface area contributed by atoms with E-state index in [1.165, 1.54) is 0 Å². The second-order valence-corrected chi connectivity index (χ2v) is 6.25. The Morgan fingerprint density at radius 1 is 0.957 bits per heavy atom. The maximum atomic E-state index is 12.4. The summed E-state index contributed by atoms with van der Waals surface area (Å²) in [6.45, 7) is 0.936. The average Bonchev–Trinajstić information content (AvgIpc) is 3.40. The molecular formula is C17H20N2O4. The highest BCUT2D eigenvalue weighted by Crippen LogP contribution is 2.30. The Bertz CT molecular complexity index is 614. The molecule has 1 aromatic carbocycles. The van der Waals surface area contributed by atoms with Crippen molar-refractivity contribution in [2.45, 2.75) is 25.7 Å². The molecule has 2 amide bonds. The lowest BCUT2D eigenvalue weighted by Gasteiger charge is -2.30. The number of carboxylic acid groups (broad SMARTS) is 1. The molecule has 2 N–H and O–H groups in total. The van der Waals surface area contributed by atoms with Crippen LogP contribution in [0.15, 0.2) is 24.3 Å².